The van der Waals surface area contributed by atoms with Crippen LogP contribution in [0.2, 0.25) is 0 Å². The van der Waals surface area contributed by atoms with Crippen molar-refractivity contribution in [3.63, 3.8) is 0 Å². The van der Waals surface area contributed by atoms with Gasteiger partial charge in [0.2, 0.25) is 0 Å². The summed E-state index contributed by atoms with van der Waals surface area (Å²) >= 11 is 0. The maximum atomic E-state index is 6.92. The Balaban J connectivity index is 1.34. The highest BCUT2D eigenvalue weighted by Gasteiger charge is 2.24. The molecule has 0 aliphatic rings. The van der Waals surface area contributed by atoms with Gasteiger partial charge in [-0.05, 0) is 52.9 Å². The lowest BCUT2D eigenvalue weighted by atomic mass is 9.99. The third kappa shape index (κ3) is 3.62. The predicted octanol–water partition coefficient (Wildman–Crippen LogP) is 11.8. The molecule has 0 amide bonds. The van der Waals surface area contributed by atoms with Gasteiger partial charge in [0.25, 0.3) is 0 Å². The van der Waals surface area contributed by atoms with Gasteiger partial charge < -0.3 is 13.7 Å². The zero-order valence-electron chi connectivity index (χ0n) is 23.2. The van der Waals surface area contributed by atoms with E-state index in [1.54, 1.807) is 0 Å². The summed E-state index contributed by atoms with van der Waals surface area (Å²) in [7, 11) is 0. The molecule has 0 radical (unpaired) electrons. The van der Waals surface area contributed by atoms with Crippen LogP contribution < -0.4 is 4.90 Å². The fraction of sp³-hybridized carbons (Fsp3) is 0. The normalized spacial score (nSPS) is 11.7. The fourth-order valence-corrected chi connectivity index (χ4v) is 6.52. The molecule has 2 aromatic heterocycles. The molecule has 2 heterocycles. The number of nitrogens with zero attached hydrogens (tertiary/aromatic N) is 1. The zero-order chi connectivity index (χ0) is 28.3. The molecule has 0 aliphatic heterocycles. The quantitative estimate of drug-likeness (QED) is 0.218. The predicted molar refractivity (Wildman–Crippen MR) is 179 cm³/mol. The Kier molecular flexibility index (Phi) is 5.20. The number of rotatable bonds is 4. The first-order chi connectivity index (χ1) is 21.3. The van der Waals surface area contributed by atoms with Gasteiger partial charge in [-0.1, -0.05) is 115 Å². The average molecular weight is 552 g/mol. The Bertz CT molecular complexity index is 2440. The van der Waals surface area contributed by atoms with Gasteiger partial charge in [-0.3, -0.25) is 0 Å². The highest BCUT2D eigenvalue weighted by atomic mass is 16.3. The van der Waals surface area contributed by atoms with Crippen molar-refractivity contribution in [2.75, 3.05) is 4.90 Å². The van der Waals surface area contributed by atoms with Gasteiger partial charge in [0.15, 0.2) is 5.58 Å². The summed E-state index contributed by atoms with van der Waals surface area (Å²) < 4.78 is 13.5. The summed E-state index contributed by atoms with van der Waals surface area (Å²) in [4.78, 5) is 2.28. The van der Waals surface area contributed by atoms with Crippen LogP contribution in [-0.2, 0) is 0 Å². The second kappa shape index (κ2) is 9.37. The minimum absolute atomic E-state index is 0.826. The van der Waals surface area contributed by atoms with E-state index < -0.39 is 0 Å². The van der Waals surface area contributed by atoms with Gasteiger partial charge in [0, 0.05) is 32.9 Å². The van der Waals surface area contributed by atoms with E-state index in [-0.39, 0.29) is 0 Å². The minimum Gasteiger partial charge on any atom is -0.455 e. The van der Waals surface area contributed by atoms with E-state index in [4.69, 9.17) is 8.83 Å². The van der Waals surface area contributed by atoms with Crippen LogP contribution in [0.3, 0.4) is 0 Å². The SMILES string of the molecule is c1ccc(-c2ccc(N(c3ccccc3)c3cccc4c3oc3c5ccccc5c5c6ccccc6oc5c43)cc2)cc1. The number of para-hydroxylation sites is 3. The molecule has 43 heavy (non-hydrogen) atoms. The molecule has 0 atom stereocenters. The number of furan rings is 2. The van der Waals surface area contributed by atoms with Crippen molar-refractivity contribution >= 4 is 71.7 Å². The van der Waals surface area contributed by atoms with E-state index in [1.165, 1.54) is 11.1 Å². The zero-order valence-corrected chi connectivity index (χ0v) is 23.2. The lowest BCUT2D eigenvalue weighted by Gasteiger charge is -2.25. The van der Waals surface area contributed by atoms with Gasteiger partial charge >= 0.3 is 0 Å². The van der Waals surface area contributed by atoms with E-state index in [2.05, 4.69) is 132 Å². The Hall–Kier alpha value is -5.80. The van der Waals surface area contributed by atoms with Crippen molar-refractivity contribution in [1.82, 2.24) is 0 Å². The van der Waals surface area contributed by atoms with Crippen molar-refractivity contribution < 1.29 is 8.83 Å². The van der Waals surface area contributed by atoms with E-state index in [0.717, 1.165) is 71.7 Å². The van der Waals surface area contributed by atoms with Crippen LogP contribution in [0.15, 0.2) is 160 Å². The molecule has 0 bridgehead atoms. The average Bonchev–Trinajstić information content (AvgIpc) is 3.66. The molecule has 9 aromatic rings. The summed E-state index contributed by atoms with van der Waals surface area (Å²) in [6.45, 7) is 0. The van der Waals surface area contributed by atoms with E-state index >= 15 is 0 Å². The van der Waals surface area contributed by atoms with Crippen LogP contribution in [0.1, 0.15) is 0 Å². The number of hydrogen-bond donors (Lipinski definition) is 0. The van der Waals surface area contributed by atoms with Gasteiger partial charge in [-0.25, -0.2) is 0 Å². The molecule has 7 aromatic carbocycles. The Morgan fingerprint density at radius 3 is 1.74 bits per heavy atom. The summed E-state index contributed by atoms with van der Waals surface area (Å²) in [6.07, 6.45) is 0. The third-order valence-corrected chi connectivity index (χ3v) is 8.45. The number of fused-ring (bicyclic) bond motifs is 10. The summed E-state index contributed by atoms with van der Waals surface area (Å²) in [5, 5.41) is 6.50. The molecule has 0 unspecified atom stereocenters. The van der Waals surface area contributed by atoms with Crippen LogP contribution in [0, 0.1) is 0 Å². The first-order valence-electron chi connectivity index (χ1n) is 14.5. The highest BCUT2D eigenvalue weighted by Crippen LogP contribution is 2.48. The summed E-state index contributed by atoms with van der Waals surface area (Å²) in [5.74, 6) is 0. The molecule has 9 rings (SSSR count). The van der Waals surface area contributed by atoms with E-state index in [0.29, 0.717) is 0 Å². The van der Waals surface area contributed by atoms with Crippen molar-refractivity contribution in [3.05, 3.63) is 152 Å². The van der Waals surface area contributed by atoms with Crippen LogP contribution in [0.25, 0.3) is 65.8 Å². The third-order valence-electron chi connectivity index (χ3n) is 8.45. The fourth-order valence-electron chi connectivity index (χ4n) is 6.52. The number of hydrogen-bond acceptors (Lipinski definition) is 3. The van der Waals surface area contributed by atoms with Crippen LogP contribution >= 0.6 is 0 Å². The Morgan fingerprint density at radius 1 is 0.349 bits per heavy atom. The lowest BCUT2D eigenvalue weighted by Crippen LogP contribution is -2.10. The Morgan fingerprint density at radius 2 is 0.953 bits per heavy atom. The largest absolute Gasteiger partial charge is 0.455 e. The molecule has 0 N–H and O–H groups in total. The molecule has 0 saturated heterocycles. The smallest absolute Gasteiger partial charge is 0.159 e. The van der Waals surface area contributed by atoms with Gasteiger partial charge in [0.05, 0.1) is 11.1 Å². The van der Waals surface area contributed by atoms with Crippen molar-refractivity contribution in [1.29, 1.82) is 0 Å². The van der Waals surface area contributed by atoms with E-state index in [9.17, 15) is 0 Å². The van der Waals surface area contributed by atoms with E-state index in [1.807, 2.05) is 24.3 Å². The van der Waals surface area contributed by atoms with Crippen molar-refractivity contribution in [3.8, 4) is 11.1 Å². The Labute approximate surface area is 247 Å². The van der Waals surface area contributed by atoms with Crippen LogP contribution in [-0.4, -0.2) is 0 Å². The topological polar surface area (TPSA) is 29.5 Å². The first kappa shape index (κ1) is 23.9. The maximum absolute atomic E-state index is 6.92. The molecular weight excluding hydrogens is 526 g/mol. The molecule has 3 heteroatoms. The van der Waals surface area contributed by atoms with Crippen molar-refractivity contribution in [2.24, 2.45) is 0 Å². The van der Waals surface area contributed by atoms with Gasteiger partial charge in [-0.2, -0.15) is 0 Å². The molecule has 0 fully saturated rings. The van der Waals surface area contributed by atoms with Crippen LogP contribution in [0.4, 0.5) is 17.1 Å². The van der Waals surface area contributed by atoms with Crippen molar-refractivity contribution in [2.45, 2.75) is 0 Å². The number of benzene rings is 7. The highest BCUT2D eigenvalue weighted by molar-refractivity contribution is 6.34. The monoisotopic (exact) mass is 551 g/mol. The minimum atomic E-state index is 0.826. The maximum Gasteiger partial charge on any atom is 0.159 e. The summed E-state index contributed by atoms with van der Waals surface area (Å²) in [5.41, 5.74) is 8.87. The molecule has 3 nitrogen and oxygen atoms in total. The van der Waals surface area contributed by atoms with Gasteiger partial charge in [0.1, 0.15) is 16.7 Å². The standard InChI is InChI=1S/C40H25NO2/c1-3-12-26(13-4-1)27-22-24-29(25-23-27)41(28-14-5-2-6-15-28)34-20-11-19-33-37-39(43-38(33)34)31-17-8-7-16-30(31)36-32-18-9-10-21-35(32)42-40(36)37/h1-25H. The summed E-state index contributed by atoms with van der Waals surface area (Å²) in [6, 6.07) is 52.8. The molecular formula is C40H25NO2. The number of anilines is 3. The molecule has 202 valence electrons. The first-order valence-corrected chi connectivity index (χ1v) is 14.5. The van der Waals surface area contributed by atoms with Crippen LogP contribution in [0.5, 0.6) is 0 Å². The van der Waals surface area contributed by atoms with Gasteiger partial charge in [-0.15, -0.1) is 0 Å². The molecule has 0 aliphatic carbocycles. The molecule has 0 spiro atoms. The lowest BCUT2D eigenvalue weighted by molar-refractivity contribution is 0.665. The second-order valence-electron chi connectivity index (χ2n) is 10.9. The molecule has 0 saturated carbocycles. The second-order valence-corrected chi connectivity index (χ2v) is 10.9.